The van der Waals surface area contributed by atoms with Crippen LogP contribution in [0.25, 0.3) is 22.8 Å². The van der Waals surface area contributed by atoms with Crippen molar-refractivity contribution < 1.29 is 4.74 Å². The number of nitrogens with zero attached hydrogens (tertiary/aromatic N) is 1. The quantitative estimate of drug-likeness (QED) is 0.397. The van der Waals surface area contributed by atoms with Crippen molar-refractivity contribution >= 4 is 11.6 Å². The largest absolute Gasteiger partial charge is 0.492 e. The predicted octanol–water partition coefficient (Wildman–Crippen LogP) is 5.98. The zero-order valence-electron chi connectivity index (χ0n) is 16.7. The molecule has 3 aromatic rings. The number of likely N-dealkylation sites (N-methyl/N-ethyl adjacent to an activating group) is 1. The van der Waals surface area contributed by atoms with Crippen molar-refractivity contribution in [2.45, 2.75) is 13.8 Å². The van der Waals surface area contributed by atoms with Crippen LogP contribution in [0.5, 0.6) is 5.75 Å². The first-order valence-corrected chi connectivity index (χ1v) is 10.2. The number of hydrogen-bond acceptors (Lipinski definition) is 2. The van der Waals surface area contributed by atoms with Crippen LogP contribution in [0, 0.1) is 0 Å². The minimum Gasteiger partial charge on any atom is -0.492 e. The van der Waals surface area contributed by atoms with E-state index in [1.54, 1.807) is 0 Å². The number of benzene rings is 3. The fourth-order valence-electron chi connectivity index (χ4n) is 3.87. The van der Waals surface area contributed by atoms with Crippen molar-refractivity contribution in [1.29, 1.82) is 0 Å². The molecule has 0 fully saturated rings. The van der Waals surface area contributed by atoms with Gasteiger partial charge in [0.05, 0.1) is 0 Å². The van der Waals surface area contributed by atoms with Gasteiger partial charge in [-0.05, 0) is 64.7 Å². The Kier molecular flexibility index (Phi) is 5.59. The Morgan fingerprint density at radius 3 is 1.79 bits per heavy atom. The molecular formula is C26H27NO. The Labute approximate surface area is 168 Å². The number of ether oxygens (including phenoxy) is 1. The molecule has 0 atom stereocenters. The van der Waals surface area contributed by atoms with E-state index in [1.165, 1.54) is 33.4 Å². The first kappa shape index (κ1) is 18.5. The topological polar surface area (TPSA) is 12.5 Å². The fourth-order valence-corrected chi connectivity index (χ4v) is 3.87. The average Bonchev–Trinajstić information content (AvgIpc) is 3.06. The van der Waals surface area contributed by atoms with Crippen LogP contribution >= 0.6 is 0 Å². The highest BCUT2D eigenvalue weighted by Gasteiger charge is 2.22. The number of hydrogen-bond donors (Lipinski definition) is 0. The van der Waals surface area contributed by atoms with Crippen molar-refractivity contribution in [2.24, 2.45) is 0 Å². The van der Waals surface area contributed by atoms with Crippen molar-refractivity contribution in [3.63, 3.8) is 0 Å². The summed E-state index contributed by atoms with van der Waals surface area (Å²) in [6.45, 7) is 8.19. The maximum Gasteiger partial charge on any atom is 0.119 e. The van der Waals surface area contributed by atoms with Gasteiger partial charge in [-0.25, -0.2) is 0 Å². The molecule has 0 saturated carbocycles. The Morgan fingerprint density at radius 1 is 0.714 bits per heavy atom. The van der Waals surface area contributed by atoms with Crippen molar-refractivity contribution in [2.75, 3.05) is 26.2 Å². The van der Waals surface area contributed by atoms with E-state index < -0.39 is 0 Å². The van der Waals surface area contributed by atoms with Gasteiger partial charge in [0.15, 0.2) is 0 Å². The summed E-state index contributed by atoms with van der Waals surface area (Å²) in [4.78, 5) is 2.37. The van der Waals surface area contributed by atoms with Crippen molar-refractivity contribution in [1.82, 2.24) is 4.90 Å². The van der Waals surface area contributed by atoms with Crippen LogP contribution in [-0.2, 0) is 0 Å². The highest BCUT2D eigenvalue weighted by atomic mass is 16.5. The summed E-state index contributed by atoms with van der Waals surface area (Å²) in [5.41, 5.74) is 7.74. The van der Waals surface area contributed by atoms with Gasteiger partial charge < -0.3 is 9.64 Å². The summed E-state index contributed by atoms with van der Waals surface area (Å²) < 4.78 is 5.92. The number of rotatable bonds is 7. The Morgan fingerprint density at radius 2 is 1.25 bits per heavy atom. The van der Waals surface area contributed by atoms with E-state index >= 15 is 0 Å². The normalized spacial score (nSPS) is 12.0. The van der Waals surface area contributed by atoms with E-state index in [9.17, 15) is 0 Å². The summed E-state index contributed by atoms with van der Waals surface area (Å²) in [7, 11) is 0. The molecule has 0 saturated heterocycles. The SMILES string of the molecule is CCN(CC)CCOc1ccc(C=C2c3ccccc3-c3ccccc32)cc1. The Balaban J connectivity index is 1.53. The maximum absolute atomic E-state index is 5.92. The van der Waals surface area contributed by atoms with Crippen LogP contribution in [0.15, 0.2) is 72.8 Å². The molecule has 0 bridgehead atoms. The molecule has 0 radical (unpaired) electrons. The van der Waals surface area contributed by atoms with Gasteiger partial charge >= 0.3 is 0 Å². The monoisotopic (exact) mass is 369 g/mol. The van der Waals surface area contributed by atoms with Gasteiger partial charge in [-0.15, -0.1) is 0 Å². The zero-order valence-corrected chi connectivity index (χ0v) is 16.7. The highest BCUT2D eigenvalue weighted by molar-refractivity contribution is 6.06. The molecule has 0 spiro atoms. The third kappa shape index (κ3) is 3.74. The summed E-state index contributed by atoms with van der Waals surface area (Å²) in [5, 5.41) is 0. The third-order valence-corrected chi connectivity index (χ3v) is 5.49. The Hall–Kier alpha value is -2.84. The van der Waals surface area contributed by atoms with E-state index in [1.807, 2.05) is 0 Å². The molecule has 0 heterocycles. The van der Waals surface area contributed by atoms with E-state index in [2.05, 4.69) is 97.6 Å². The molecule has 142 valence electrons. The van der Waals surface area contributed by atoms with Crippen LogP contribution in [-0.4, -0.2) is 31.1 Å². The van der Waals surface area contributed by atoms with Crippen LogP contribution in [0.4, 0.5) is 0 Å². The maximum atomic E-state index is 5.92. The van der Waals surface area contributed by atoms with Gasteiger partial charge in [-0.1, -0.05) is 74.5 Å². The minimum absolute atomic E-state index is 0.725. The second kappa shape index (κ2) is 8.45. The molecule has 4 rings (SSSR count). The molecule has 1 aliphatic carbocycles. The second-order valence-corrected chi connectivity index (χ2v) is 7.09. The molecule has 3 aromatic carbocycles. The summed E-state index contributed by atoms with van der Waals surface area (Å²) in [6.07, 6.45) is 2.28. The van der Waals surface area contributed by atoms with Gasteiger partial charge in [0, 0.05) is 6.54 Å². The summed E-state index contributed by atoms with van der Waals surface area (Å²) in [6, 6.07) is 25.7. The van der Waals surface area contributed by atoms with E-state index in [4.69, 9.17) is 4.74 Å². The van der Waals surface area contributed by atoms with Crippen LogP contribution < -0.4 is 4.74 Å². The van der Waals surface area contributed by atoms with E-state index in [-0.39, 0.29) is 0 Å². The van der Waals surface area contributed by atoms with E-state index in [0.29, 0.717) is 0 Å². The molecule has 0 N–H and O–H groups in total. The lowest BCUT2D eigenvalue weighted by Crippen LogP contribution is -2.27. The number of fused-ring (bicyclic) bond motifs is 3. The first-order valence-electron chi connectivity index (χ1n) is 10.2. The molecule has 1 aliphatic rings. The summed E-state index contributed by atoms with van der Waals surface area (Å²) >= 11 is 0. The van der Waals surface area contributed by atoms with Crippen molar-refractivity contribution in [3.05, 3.63) is 89.5 Å². The molecule has 0 amide bonds. The van der Waals surface area contributed by atoms with Gasteiger partial charge in [0.1, 0.15) is 12.4 Å². The molecular weight excluding hydrogens is 342 g/mol. The molecule has 0 unspecified atom stereocenters. The van der Waals surface area contributed by atoms with Crippen molar-refractivity contribution in [3.8, 4) is 16.9 Å². The second-order valence-electron chi connectivity index (χ2n) is 7.09. The molecule has 2 nitrogen and oxygen atoms in total. The van der Waals surface area contributed by atoms with Gasteiger partial charge in [0.2, 0.25) is 0 Å². The molecule has 0 aromatic heterocycles. The molecule has 0 aliphatic heterocycles. The van der Waals surface area contributed by atoms with Crippen LogP contribution in [0.2, 0.25) is 0 Å². The van der Waals surface area contributed by atoms with Gasteiger partial charge in [-0.2, -0.15) is 0 Å². The highest BCUT2D eigenvalue weighted by Crippen LogP contribution is 2.44. The first-order chi connectivity index (χ1) is 13.8. The van der Waals surface area contributed by atoms with Gasteiger partial charge in [-0.3, -0.25) is 0 Å². The van der Waals surface area contributed by atoms with Gasteiger partial charge in [0.25, 0.3) is 0 Å². The summed E-state index contributed by atoms with van der Waals surface area (Å²) in [5.74, 6) is 0.932. The smallest absolute Gasteiger partial charge is 0.119 e. The lowest BCUT2D eigenvalue weighted by Gasteiger charge is -2.18. The Bertz CT molecular complexity index is 920. The lowest BCUT2D eigenvalue weighted by atomic mass is 10.0. The van der Waals surface area contributed by atoms with E-state index in [0.717, 1.165) is 32.0 Å². The molecule has 28 heavy (non-hydrogen) atoms. The fraction of sp³-hybridized carbons (Fsp3) is 0.231. The van der Waals surface area contributed by atoms with Crippen LogP contribution in [0.1, 0.15) is 30.5 Å². The zero-order chi connectivity index (χ0) is 19.3. The molecule has 2 heteroatoms. The third-order valence-electron chi connectivity index (χ3n) is 5.49. The standard InChI is InChI=1S/C26H27NO/c1-3-27(4-2)17-18-28-21-15-13-20(14-16-21)19-26-24-11-7-5-9-22(24)23-10-6-8-12-25(23)26/h5-16,19H,3-4,17-18H2,1-2H3. The lowest BCUT2D eigenvalue weighted by molar-refractivity contribution is 0.223. The van der Waals surface area contributed by atoms with Crippen LogP contribution in [0.3, 0.4) is 0 Å². The average molecular weight is 370 g/mol. The predicted molar refractivity (Wildman–Crippen MR) is 119 cm³/mol. The minimum atomic E-state index is 0.725.